The molecule has 2 aromatic rings. The Bertz CT molecular complexity index is 626. The van der Waals surface area contributed by atoms with Gasteiger partial charge in [-0.3, -0.25) is 9.69 Å². The molecule has 3 rings (SSSR count). The molecule has 1 unspecified atom stereocenters. The molecule has 2 heterocycles. The van der Waals surface area contributed by atoms with E-state index in [2.05, 4.69) is 37.8 Å². The van der Waals surface area contributed by atoms with Crippen LogP contribution in [0.5, 0.6) is 0 Å². The van der Waals surface area contributed by atoms with Gasteiger partial charge in [-0.1, -0.05) is 30.3 Å². The highest BCUT2D eigenvalue weighted by molar-refractivity contribution is 5.81. The normalized spacial score (nSPS) is 18.5. The van der Waals surface area contributed by atoms with E-state index in [0.29, 0.717) is 12.4 Å². The van der Waals surface area contributed by atoms with Crippen LogP contribution in [0.1, 0.15) is 24.2 Å². The van der Waals surface area contributed by atoms with Gasteiger partial charge in [0.1, 0.15) is 0 Å². The fourth-order valence-corrected chi connectivity index (χ4v) is 2.81. The van der Waals surface area contributed by atoms with Crippen LogP contribution >= 0.6 is 0 Å². The van der Waals surface area contributed by atoms with E-state index < -0.39 is 0 Å². The van der Waals surface area contributed by atoms with Crippen molar-refractivity contribution in [3.8, 4) is 0 Å². The molecule has 1 N–H and O–H groups in total. The SMILES string of the molecule is Cn1nnc(CNC(=O)C2CCCN2Cc2ccccc2)n1. The average molecular weight is 300 g/mol. The fraction of sp³-hybridized carbons (Fsp3) is 0.467. The van der Waals surface area contributed by atoms with E-state index in [1.807, 2.05) is 18.2 Å². The molecular formula is C15H20N6O. The van der Waals surface area contributed by atoms with Gasteiger partial charge in [-0.05, 0) is 30.2 Å². The number of aryl methyl sites for hydroxylation is 1. The van der Waals surface area contributed by atoms with Gasteiger partial charge >= 0.3 is 0 Å². The molecule has 116 valence electrons. The first-order chi connectivity index (χ1) is 10.7. The molecule has 1 aliphatic rings. The van der Waals surface area contributed by atoms with Crippen molar-refractivity contribution in [1.29, 1.82) is 0 Å². The van der Waals surface area contributed by atoms with Crippen molar-refractivity contribution in [2.45, 2.75) is 32.0 Å². The number of rotatable bonds is 5. The fourth-order valence-electron chi connectivity index (χ4n) is 2.81. The van der Waals surface area contributed by atoms with Gasteiger partial charge in [0.15, 0.2) is 5.82 Å². The van der Waals surface area contributed by atoms with Gasteiger partial charge in [-0.15, -0.1) is 10.2 Å². The van der Waals surface area contributed by atoms with E-state index in [9.17, 15) is 4.79 Å². The molecule has 1 saturated heterocycles. The van der Waals surface area contributed by atoms with Crippen LogP contribution in [0.3, 0.4) is 0 Å². The maximum Gasteiger partial charge on any atom is 0.237 e. The van der Waals surface area contributed by atoms with E-state index in [1.165, 1.54) is 10.4 Å². The highest BCUT2D eigenvalue weighted by atomic mass is 16.2. The van der Waals surface area contributed by atoms with Crippen molar-refractivity contribution < 1.29 is 4.79 Å². The predicted octanol–water partition coefficient (Wildman–Crippen LogP) is 0.491. The standard InChI is InChI=1S/C15H20N6O/c1-20-18-14(17-19-20)10-16-15(22)13-8-5-9-21(13)11-12-6-3-2-4-7-12/h2-4,6-7,13H,5,8-11H2,1H3,(H,16,22). The van der Waals surface area contributed by atoms with Crippen LogP contribution in [-0.2, 0) is 24.9 Å². The first-order valence-electron chi connectivity index (χ1n) is 7.51. The number of tetrazole rings is 1. The van der Waals surface area contributed by atoms with Crippen LogP contribution in [0, 0.1) is 0 Å². The topological polar surface area (TPSA) is 75.9 Å². The quantitative estimate of drug-likeness (QED) is 0.870. The third kappa shape index (κ3) is 3.48. The van der Waals surface area contributed by atoms with E-state index in [0.717, 1.165) is 25.9 Å². The summed E-state index contributed by atoms with van der Waals surface area (Å²) in [6.45, 7) is 2.08. The van der Waals surface area contributed by atoms with Gasteiger partial charge in [0, 0.05) is 6.54 Å². The molecule has 0 saturated carbocycles. The Morgan fingerprint density at radius 2 is 2.18 bits per heavy atom. The summed E-state index contributed by atoms with van der Waals surface area (Å²) < 4.78 is 0. The second-order valence-electron chi connectivity index (χ2n) is 5.53. The molecule has 1 aromatic carbocycles. The Labute approximate surface area is 129 Å². The Kier molecular flexibility index (Phi) is 4.43. The van der Waals surface area contributed by atoms with Gasteiger partial charge in [-0.2, -0.15) is 4.80 Å². The van der Waals surface area contributed by atoms with E-state index >= 15 is 0 Å². The lowest BCUT2D eigenvalue weighted by molar-refractivity contribution is -0.125. The largest absolute Gasteiger partial charge is 0.347 e. The summed E-state index contributed by atoms with van der Waals surface area (Å²) in [6, 6.07) is 10.2. The van der Waals surface area contributed by atoms with Crippen LogP contribution in [0.2, 0.25) is 0 Å². The number of aromatic nitrogens is 4. The smallest absolute Gasteiger partial charge is 0.237 e. The van der Waals surface area contributed by atoms with Crippen LogP contribution in [0.4, 0.5) is 0 Å². The minimum atomic E-state index is -0.0723. The molecule has 0 radical (unpaired) electrons. The molecule has 7 nitrogen and oxygen atoms in total. The minimum absolute atomic E-state index is 0.0425. The first-order valence-corrected chi connectivity index (χ1v) is 7.51. The number of carbonyl (C=O) groups excluding carboxylic acids is 1. The number of likely N-dealkylation sites (tertiary alicyclic amines) is 1. The number of benzene rings is 1. The zero-order valence-corrected chi connectivity index (χ0v) is 12.6. The molecule has 1 atom stereocenters. The van der Waals surface area contributed by atoms with Crippen molar-refractivity contribution >= 4 is 5.91 Å². The lowest BCUT2D eigenvalue weighted by Crippen LogP contribution is -2.42. The lowest BCUT2D eigenvalue weighted by Gasteiger charge is -2.23. The number of hydrogen-bond acceptors (Lipinski definition) is 5. The summed E-state index contributed by atoms with van der Waals surface area (Å²) in [7, 11) is 1.71. The second kappa shape index (κ2) is 6.65. The monoisotopic (exact) mass is 300 g/mol. The summed E-state index contributed by atoms with van der Waals surface area (Å²) in [6.07, 6.45) is 1.95. The number of amides is 1. The average Bonchev–Trinajstić information content (AvgIpc) is 3.15. The highest BCUT2D eigenvalue weighted by Crippen LogP contribution is 2.20. The van der Waals surface area contributed by atoms with Crippen molar-refractivity contribution in [2.75, 3.05) is 6.54 Å². The Morgan fingerprint density at radius 1 is 1.36 bits per heavy atom. The maximum absolute atomic E-state index is 12.4. The minimum Gasteiger partial charge on any atom is -0.347 e. The molecule has 1 amide bonds. The predicted molar refractivity (Wildman–Crippen MR) is 80.5 cm³/mol. The van der Waals surface area contributed by atoms with Gasteiger partial charge in [0.25, 0.3) is 0 Å². The molecule has 0 aliphatic carbocycles. The van der Waals surface area contributed by atoms with Crippen LogP contribution < -0.4 is 5.32 Å². The summed E-state index contributed by atoms with van der Waals surface area (Å²) in [5.41, 5.74) is 1.23. The van der Waals surface area contributed by atoms with Gasteiger partial charge in [-0.25, -0.2) is 0 Å². The Hall–Kier alpha value is -2.28. The van der Waals surface area contributed by atoms with Gasteiger partial charge < -0.3 is 5.32 Å². The van der Waals surface area contributed by atoms with E-state index in [-0.39, 0.29) is 11.9 Å². The summed E-state index contributed by atoms with van der Waals surface area (Å²) in [5, 5.41) is 14.6. The van der Waals surface area contributed by atoms with Crippen LogP contribution in [0.25, 0.3) is 0 Å². The summed E-state index contributed by atoms with van der Waals surface area (Å²) >= 11 is 0. The molecule has 1 aliphatic heterocycles. The van der Waals surface area contributed by atoms with Crippen molar-refractivity contribution in [2.24, 2.45) is 7.05 Å². The van der Waals surface area contributed by atoms with Crippen LogP contribution in [0.15, 0.2) is 30.3 Å². The number of nitrogens with zero attached hydrogens (tertiary/aromatic N) is 5. The first kappa shape index (κ1) is 14.6. The number of carbonyl (C=O) groups is 1. The lowest BCUT2D eigenvalue weighted by atomic mass is 10.1. The van der Waals surface area contributed by atoms with Crippen molar-refractivity contribution in [3.63, 3.8) is 0 Å². The summed E-state index contributed by atoms with van der Waals surface area (Å²) in [4.78, 5) is 16.0. The number of nitrogens with one attached hydrogen (secondary N) is 1. The van der Waals surface area contributed by atoms with E-state index in [4.69, 9.17) is 0 Å². The highest BCUT2D eigenvalue weighted by Gasteiger charge is 2.30. The molecule has 0 bridgehead atoms. The molecule has 1 aromatic heterocycles. The van der Waals surface area contributed by atoms with Crippen LogP contribution in [-0.4, -0.2) is 43.6 Å². The maximum atomic E-state index is 12.4. The van der Waals surface area contributed by atoms with Crippen molar-refractivity contribution in [3.05, 3.63) is 41.7 Å². The zero-order valence-electron chi connectivity index (χ0n) is 12.6. The molecule has 0 spiro atoms. The van der Waals surface area contributed by atoms with Gasteiger partial charge in [0.05, 0.1) is 19.6 Å². The third-order valence-corrected chi connectivity index (χ3v) is 3.87. The zero-order chi connectivity index (χ0) is 15.4. The van der Waals surface area contributed by atoms with Crippen molar-refractivity contribution in [1.82, 2.24) is 30.4 Å². The third-order valence-electron chi connectivity index (χ3n) is 3.87. The Balaban J connectivity index is 1.56. The summed E-state index contributed by atoms with van der Waals surface area (Å²) in [5.74, 6) is 0.573. The number of hydrogen-bond donors (Lipinski definition) is 1. The Morgan fingerprint density at radius 3 is 2.91 bits per heavy atom. The molecule has 22 heavy (non-hydrogen) atoms. The second-order valence-corrected chi connectivity index (χ2v) is 5.53. The van der Waals surface area contributed by atoms with E-state index in [1.54, 1.807) is 7.05 Å². The molecule has 7 heteroatoms. The van der Waals surface area contributed by atoms with Gasteiger partial charge in [0.2, 0.25) is 5.91 Å². The molecular weight excluding hydrogens is 280 g/mol. The molecule has 1 fully saturated rings.